The lowest BCUT2D eigenvalue weighted by molar-refractivity contribution is 0.242. The van der Waals surface area contributed by atoms with Gasteiger partial charge in [0.2, 0.25) is 0 Å². The Kier molecular flexibility index (Phi) is 3.28. The molecule has 0 saturated heterocycles. The molecule has 0 spiro atoms. The number of aromatic amines is 1. The van der Waals surface area contributed by atoms with Crippen molar-refractivity contribution >= 4 is 0 Å². The zero-order chi connectivity index (χ0) is 12.3. The Hall–Kier alpha value is -2.03. The minimum atomic E-state index is -0.0887. The van der Waals surface area contributed by atoms with E-state index in [1.54, 1.807) is 12.3 Å². The first kappa shape index (κ1) is 11.5. The van der Waals surface area contributed by atoms with E-state index in [0.717, 1.165) is 11.3 Å². The molecule has 1 heterocycles. The van der Waals surface area contributed by atoms with E-state index in [1.165, 1.54) is 0 Å². The van der Waals surface area contributed by atoms with Crippen LogP contribution >= 0.6 is 0 Å². The van der Waals surface area contributed by atoms with E-state index < -0.39 is 0 Å². The third-order valence-electron chi connectivity index (χ3n) is 2.33. The van der Waals surface area contributed by atoms with E-state index in [0.29, 0.717) is 5.56 Å². The summed E-state index contributed by atoms with van der Waals surface area (Å²) < 4.78 is 5.60. The SMILES string of the molecule is CC(C)Oc1cccc(-c2ccc[nH]c2=O)c1. The smallest absolute Gasteiger partial charge is 0.255 e. The fourth-order valence-electron chi connectivity index (χ4n) is 1.66. The van der Waals surface area contributed by atoms with Crippen molar-refractivity contribution in [3.8, 4) is 16.9 Å². The summed E-state index contributed by atoms with van der Waals surface area (Å²) in [6.45, 7) is 3.95. The summed E-state index contributed by atoms with van der Waals surface area (Å²) in [5, 5.41) is 0. The van der Waals surface area contributed by atoms with Gasteiger partial charge in [0.25, 0.3) is 5.56 Å². The maximum Gasteiger partial charge on any atom is 0.255 e. The second-order valence-corrected chi connectivity index (χ2v) is 4.11. The summed E-state index contributed by atoms with van der Waals surface area (Å²) in [6.07, 6.45) is 1.75. The average Bonchev–Trinajstić information content (AvgIpc) is 2.29. The zero-order valence-corrected chi connectivity index (χ0v) is 9.94. The third-order valence-corrected chi connectivity index (χ3v) is 2.33. The van der Waals surface area contributed by atoms with Gasteiger partial charge in [-0.2, -0.15) is 0 Å². The maximum absolute atomic E-state index is 11.7. The van der Waals surface area contributed by atoms with Gasteiger partial charge in [-0.3, -0.25) is 4.79 Å². The van der Waals surface area contributed by atoms with Gasteiger partial charge in [0.1, 0.15) is 5.75 Å². The maximum atomic E-state index is 11.7. The standard InChI is InChI=1S/C14H15NO2/c1-10(2)17-12-6-3-5-11(9-12)13-7-4-8-15-14(13)16/h3-10H,1-2H3,(H,15,16). The van der Waals surface area contributed by atoms with Gasteiger partial charge < -0.3 is 9.72 Å². The first-order valence-corrected chi connectivity index (χ1v) is 5.61. The number of benzene rings is 1. The molecular weight excluding hydrogens is 214 g/mol. The van der Waals surface area contributed by atoms with Crippen molar-refractivity contribution in [3.63, 3.8) is 0 Å². The lowest BCUT2D eigenvalue weighted by Gasteiger charge is -2.10. The number of rotatable bonds is 3. The molecule has 2 aromatic rings. The van der Waals surface area contributed by atoms with E-state index in [9.17, 15) is 4.79 Å². The van der Waals surface area contributed by atoms with Gasteiger partial charge in [-0.1, -0.05) is 12.1 Å². The first-order chi connectivity index (χ1) is 8.16. The Balaban J connectivity index is 2.40. The van der Waals surface area contributed by atoms with Crippen LogP contribution in [-0.4, -0.2) is 11.1 Å². The van der Waals surface area contributed by atoms with Crippen molar-refractivity contribution in [3.05, 3.63) is 52.9 Å². The topological polar surface area (TPSA) is 42.1 Å². The monoisotopic (exact) mass is 229 g/mol. The van der Waals surface area contributed by atoms with Crippen LogP contribution in [0.15, 0.2) is 47.4 Å². The number of hydrogen-bond donors (Lipinski definition) is 1. The summed E-state index contributed by atoms with van der Waals surface area (Å²) in [4.78, 5) is 14.3. The van der Waals surface area contributed by atoms with Gasteiger partial charge in [-0.05, 0) is 43.7 Å². The van der Waals surface area contributed by atoms with E-state index in [-0.39, 0.29) is 11.7 Å². The van der Waals surface area contributed by atoms with E-state index >= 15 is 0 Å². The molecule has 0 aliphatic rings. The zero-order valence-electron chi connectivity index (χ0n) is 9.94. The summed E-state index contributed by atoms with van der Waals surface area (Å²) in [5.41, 5.74) is 1.43. The van der Waals surface area contributed by atoms with E-state index in [2.05, 4.69) is 4.98 Å². The molecule has 0 saturated carbocycles. The molecule has 2 rings (SSSR count). The fraction of sp³-hybridized carbons (Fsp3) is 0.214. The van der Waals surface area contributed by atoms with Gasteiger partial charge in [-0.15, -0.1) is 0 Å². The van der Waals surface area contributed by atoms with Crippen molar-refractivity contribution in [2.24, 2.45) is 0 Å². The Bertz CT molecular complexity index is 558. The number of ether oxygens (including phenoxy) is 1. The molecule has 1 aromatic heterocycles. The Morgan fingerprint density at radius 1 is 1.18 bits per heavy atom. The lowest BCUT2D eigenvalue weighted by atomic mass is 10.1. The predicted molar refractivity (Wildman–Crippen MR) is 68.3 cm³/mol. The van der Waals surface area contributed by atoms with Gasteiger partial charge in [0.15, 0.2) is 0 Å². The van der Waals surface area contributed by atoms with Crippen LogP contribution < -0.4 is 10.3 Å². The molecule has 0 atom stereocenters. The molecule has 3 nitrogen and oxygen atoms in total. The Morgan fingerprint density at radius 3 is 2.71 bits per heavy atom. The molecule has 0 fully saturated rings. The summed E-state index contributed by atoms with van der Waals surface area (Å²) in [7, 11) is 0. The van der Waals surface area contributed by atoms with Crippen molar-refractivity contribution < 1.29 is 4.74 Å². The second kappa shape index (κ2) is 4.87. The fourth-order valence-corrected chi connectivity index (χ4v) is 1.66. The summed E-state index contributed by atoms with van der Waals surface area (Å²) in [6, 6.07) is 11.2. The highest BCUT2D eigenvalue weighted by molar-refractivity contribution is 5.63. The molecule has 17 heavy (non-hydrogen) atoms. The van der Waals surface area contributed by atoms with Crippen molar-refractivity contribution in [2.75, 3.05) is 0 Å². The molecular formula is C14H15NO2. The van der Waals surface area contributed by atoms with Gasteiger partial charge in [-0.25, -0.2) is 0 Å². The number of nitrogens with one attached hydrogen (secondary N) is 1. The van der Waals surface area contributed by atoms with Crippen molar-refractivity contribution in [1.29, 1.82) is 0 Å². The summed E-state index contributed by atoms with van der Waals surface area (Å²) in [5.74, 6) is 0.778. The molecule has 3 heteroatoms. The molecule has 1 N–H and O–H groups in total. The number of pyridine rings is 1. The van der Waals surface area contributed by atoms with Gasteiger partial charge in [0.05, 0.1) is 6.10 Å². The second-order valence-electron chi connectivity index (χ2n) is 4.11. The average molecular weight is 229 g/mol. The van der Waals surface area contributed by atoms with E-state index in [1.807, 2.05) is 44.2 Å². The predicted octanol–water partition coefficient (Wildman–Crippen LogP) is 2.83. The molecule has 0 amide bonds. The number of H-pyrrole nitrogens is 1. The highest BCUT2D eigenvalue weighted by atomic mass is 16.5. The Labute approximate surface area is 100 Å². The molecule has 1 aromatic carbocycles. The van der Waals surface area contributed by atoms with Crippen LogP contribution in [0.25, 0.3) is 11.1 Å². The van der Waals surface area contributed by atoms with Crippen LogP contribution in [-0.2, 0) is 0 Å². The Morgan fingerprint density at radius 2 is 2.00 bits per heavy atom. The van der Waals surface area contributed by atoms with Crippen LogP contribution in [0.5, 0.6) is 5.75 Å². The summed E-state index contributed by atoms with van der Waals surface area (Å²) >= 11 is 0. The number of aromatic nitrogens is 1. The minimum absolute atomic E-state index is 0.0887. The largest absolute Gasteiger partial charge is 0.491 e. The normalized spacial score (nSPS) is 10.5. The lowest BCUT2D eigenvalue weighted by Crippen LogP contribution is -2.08. The van der Waals surface area contributed by atoms with Crippen LogP contribution in [0.3, 0.4) is 0 Å². The molecule has 0 radical (unpaired) electrons. The van der Waals surface area contributed by atoms with Crippen LogP contribution in [0, 0.1) is 0 Å². The highest BCUT2D eigenvalue weighted by Crippen LogP contribution is 2.21. The number of hydrogen-bond acceptors (Lipinski definition) is 2. The molecule has 88 valence electrons. The molecule has 0 aliphatic heterocycles. The molecule has 0 bridgehead atoms. The molecule has 0 unspecified atom stereocenters. The van der Waals surface area contributed by atoms with Gasteiger partial charge >= 0.3 is 0 Å². The minimum Gasteiger partial charge on any atom is -0.491 e. The van der Waals surface area contributed by atoms with Crippen LogP contribution in [0.4, 0.5) is 0 Å². The highest BCUT2D eigenvalue weighted by Gasteiger charge is 2.04. The van der Waals surface area contributed by atoms with Crippen molar-refractivity contribution in [1.82, 2.24) is 4.98 Å². The van der Waals surface area contributed by atoms with Crippen LogP contribution in [0.1, 0.15) is 13.8 Å². The van der Waals surface area contributed by atoms with E-state index in [4.69, 9.17) is 4.74 Å². The van der Waals surface area contributed by atoms with Crippen molar-refractivity contribution in [2.45, 2.75) is 20.0 Å². The third kappa shape index (κ3) is 2.75. The van der Waals surface area contributed by atoms with Gasteiger partial charge in [0, 0.05) is 11.8 Å². The quantitative estimate of drug-likeness (QED) is 0.879. The molecule has 0 aliphatic carbocycles. The van der Waals surface area contributed by atoms with Crippen LogP contribution in [0.2, 0.25) is 0 Å². The first-order valence-electron chi connectivity index (χ1n) is 5.61.